The van der Waals surface area contributed by atoms with Crippen LogP contribution in [0.5, 0.6) is 0 Å². The van der Waals surface area contributed by atoms with E-state index in [1.54, 1.807) is 0 Å². The second-order valence-electron chi connectivity index (χ2n) is 4.02. The van der Waals surface area contributed by atoms with Crippen LogP contribution in [0.4, 0.5) is 5.82 Å². The summed E-state index contributed by atoms with van der Waals surface area (Å²) in [5.74, 6) is 0.936. The van der Waals surface area contributed by atoms with Crippen molar-refractivity contribution >= 4 is 16.7 Å². The topological polar surface area (TPSA) is 24.9 Å². The average Bonchev–Trinajstić information content (AvgIpc) is 2.30. The van der Waals surface area contributed by atoms with Crippen LogP contribution in [0.1, 0.15) is 12.5 Å². The summed E-state index contributed by atoms with van der Waals surface area (Å²) in [6, 6.07) is 10.5. The lowest BCUT2D eigenvalue weighted by Gasteiger charge is -2.13. The third kappa shape index (κ3) is 2.06. The predicted molar refractivity (Wildman–Crippen MR) is 69.8 cm³/mol. The normalized spacial score (nSPS) is 12.4. The van der Waals surface area contributed by atoms with E-state index in [1.165, 1.54) is 5.39 Å². The summed E-state index contributed by atoms with van der Waals surface area (Å²) in [6.45, 7) is 7.88. The number of hydrogen-bond donors (Lipinski definition) is 1. The van der Waals surface area contributed by atoms with E-state index in [0.29, 0.717) is 0 Å². The number of aryl methyl sites for hydroxylation is 1. The minimum absolute atomic E-state index is 0.229. The first kappa shape index (κ1) is 10.7. The monoisotopic (exact) mass is 212 g/mol. The summed E-state index contributed by atoms with van der Waals surface area (Å²) in [6.07, 6.45) is 1.87. The number of aromatic nitrogens is 1. The minimum Gasteiger partial charge on any atom is -0.364 e. The van der Waals surface area contributed by atoms with E-state index in [1.807, 2.05) is 24.3 Å². The van der Waals surface area contributed by atoms with Gasteiger partial charge < -0.3 is 5.32 Å². The van der Waals surface area contributed by atoms with Crippen LogP contribution < -0.4 is 5.32 Å². The molecule has 0 saturated carbocycles. The molecule has 1 atom stereocenters. The van der Waals surface area contributed by atoms with Crippen molar-refractivity contribution in [3.63, 3.8) is 0 Å². The molecule has 1 aromatic heterocycles. The highest BCUT2D eigenvalue weighted by molar-refractivity contribution is 5.81. The van der Waals surface area contributed by atoms with E-state index < -0.39 is 0 Å². The molecule has 1 N–H and O–H groups in total. The molecule has 0 amide bonds. The van der Waals surface area contributed by atoms with Gasteiger partial charge in [0, 0.05) is 11.4 Å². The van der Waals surface area contributed by atoms with E-state index >= 15 is 0 Å². The van der Waals surface area contributed by atoms with Crippen LogP contribution in [0.3, 0.4) is 0 Å². The van der Waals surface area contributed by atoms with Gasteiger partial charge in [0.2, 0.25) is 0 Å². The van der Waals surface area contributed by atoms with Crippen LogP contribution in [0.2, 0.25) is 0 Å². The molecule has 2 aromatic rings. The number of nitrogens with zero attached hydrogens (tertiary/aromatic N) is 1. The Morgan fingerprint density at radius 2 is 2.12 bits per heavy atom. The Balaban J connectivity index is 2.45. The van der Waals surface area contributed by atoms with Crippen LogP contribution in [-0.4, -0.2) is 11.0 Å². The van der Waals surface area contributed by atoms with Gasteiger partial charge in [0.15, 0.2) is 0 Å². The summed E-state index contributed by atoms with van der Waals surface area (Å²) in [5, 5.41) is 4.50. The summed E-state index contributed by atoms with van der Waals surface area (Å²) >= 11 is 0. The lowest BCUT2D eigenvalue weighted by atomic mass is 10.1. The highest BCUT2D eigenvalue weighted by Crippen LogP contribution is 2.20. The van der Waals surface area contributed by atoms with Crippen molar-refractivity contribution in [1.82, 2.24) is 4.98 Å². The van der Waals surface area contributed by atoms with E-state index in [9.17, 15) is 0 Å². The fourth-order valence-electron chi connectivity index (χ4n) is 1.64. The van der Waals surface area contributed by atoms with Crippen molar-refractivity contribution in [3.8, 4) is 0 Å². The number of hydrogen-bond acceptors (Lipinski definition) is 2. The lowest BCUT2D eigenvalue weighted by molar-refractivity contribution is 0.982. The highest BCUT2D eigenvalue weighted by Gasteiger charge is 2.04. The fourth-order valence-corrected chi connectivity index (χ4v) is 1.64. The van der Waals surface area contributed by atoms with Gasteiger partial charge >= 0.3 is 0 Å². The van der Waals surface area contributed by atoms with Crippen molar-refractivity contribution in [3.05, 3.63) is 48.6 Å². The van der Waals surface area contributed by atoms with Crippen LogP contribution in [0.15, 0.2) is 43.0 Å². The zero-order chi connectivity index (χ0) is 11.5. The van der Waals surface area contributed by atoms with Crippen molar-refractivity contribution in [2.24, 2.45) is 0 Å². The smallest absolute Gasteiger partial charge is 0.130 e. The van der Waals surface area contributed by atoms with Crippen LogP contribution in [0, 0.1) is 6.92 Å². The van der Waals surface area contributed by atoms with Gasteiger partial charge in [0.1, 0.15) is 5.82 Å². The maximum atomic E-state index is 4.60. The van der Waals surface area contributed by atoms with E-state index in [0.717, 1.165) is 16.9 Å². The van der Waals surface area contributed by atoms with Gasteiger partial charge in [0.25, 0.3) is 0 Å². The van der Waals surface area contributed by atoms with E-state index in [-0.39, 0.29) is 6.04 Å². The van der Waals surface area contributed by atoms with E-state index in [4.69, 9.17) is 0 Å². The van der Waals surface area contributed by atoms with E-state index in [2.05, 4.69) is 42.9 Å². The molecule has 0 radical (unpaired) electrons. The van der Waals surface area contributed by atoms with Crippen LogP contribution in [-0.2, 0) is 0 Å². The number of benzene rings is 1. The van der Waals surface area contributed by atoms with Crippen LogP contribution in [0.25, 0.3) is 10.9 Å². The molecule has 0 aliphatic carbocycles. The molecule has 2 rings (SSSR count). The third-order valence-electron chi connectivity index (χ3n) is 2.63. The Labute approximate surface area is 96.0 Å². The Morgan fingerprint density at radius 3 is 2.88 bits per heavy atom. The molecule has 2 nitrogen and oxygen atoms in total. The zero-order valence-corrected chi connectivity index (χ0v) is 9.70. The molecule has 82 valence electrons. The SMILES string of the molecule is C=CC(C)Nc1nc2ccccc2cc1C. The van der Waals surface area contributed by atoms with Gasteiger partial charge in [-0.1, -0.05) is 24.3 Å². The third-order valence-corrected chi connectivity index (χ3v) is 2.63. The first-order valence-electron chi connectivity index (χ1n) is 5.46. The average molecular weight is 212 g/mol. The number of fused-ring (bicyclic) bond motifs is 1. The second-order valence-corrected chi connectivity index (χ2v) is 4.02. The molecule has 0 fully saturated rings. The standard InChI is InChI=1S/C14H16N2/c1-4-11(3)15-14-10(2)9-12-7-5-6-8-13(12)16-14/h4-9,11H,1H2,2-3H3,(H,15,16). The molecular formula is C14H16N2. The Morgan fingerprint density at radius 1 is 1.38 bits per heavy atom. The van der Waals surface area contributed by atoms with Gasteiger partial charge in [-0.3, -0.25) is 0 Å². The highest BCUT2D eigenvalue weighted by atomic mass is 15.0. The molecule has 0 bridgehead atoms. The number of anilines is 1. The number of pyridine rings is 1. The summed E-state index contributed by atoms with van der Waals surface area (Å²) in [7, 11) is 0. The van der Waals surface area contributed by atoms with Crippen molar-refractivity contribution in [1.29, 1.82) is 0 Å². The molecule has 0 spiro atoms. The maximum absolute atomic E-state index is 4.60. The lowest BCUT2D eigenvalue weighted by Crippen LogP contribution is -2.13. The number of para-hydroxylation sites is 1. The molecule has 0 aliphatic rings. The van der Waals surface area contributed by atoms with Gasteiger partial charge in [0.05, 0.1) is 5.52 Å². The summed E-state index contributed by atoms with van der Waals surface area (Å²) in [5.41, 5.74) is 2.18. The molecule has 1 aromatic carbocycles. The second kappa shape index (κ2) is 4.35. The van der Waals surface area contributed by atoms with Gasteiger partial charge in [-0.2, -0.15) is 0 Å². The molecule has 1 heterocycles. The van der Waals surface area contributed by atoms with Gasteiger partial charge in [-0.05, 0) is 31.5 Å². The molecule has 0 saturated heterocycles. The fraction of sp³-hybridized carbons (Fsp3) is 0.214. The van der Waals surface area contributed by atoms with Crippen LogP contribution >= 0.6 is 0 Å². The van der Waals surface area contributed by atoms with Crippen molar-refractivity contribution in [2.45, 2.75) is 19.9 Å². The van der Waals surface area contributed by atoms with Gasteiger partial charge in [-0.15, -0.1) is 6.58 Å². The molecule has 1 unspecified atom stereocenters. The molecule has 2 heteroatoms. The largest absolute Gasteiger partial charge is 0.364 e. The molecule has 16 heavy (non-hydrogen) atoms. The first-order valence-corrected chi connectivity index (χ1v) is 5.46. The Kier molecular flexibility index (Phi) is 2.91. The van der Waals surface area contributed by atoms with Crippen molar-refractivity contribution < 1.29 is 0 Å². The maximum Gasteiger partial charge on any atom is 0.130 e. The molecule has 0 aliphatic heterocycles. The minimum atomic E-state index is 0.229. The predicted octanol–water partition coefficient (Wildman–Crippen LogP) is 3.53. The summed E-state index contributed by atoms with van der Waals surface area (Å²) in [4.78, 5) is 4.60. The van der Waals surface area contributed by atoms with Crippen molar-refractivity contribution in [2.75, 3.05) is 5.32 Å². The molecular weight excluding hydrogens is 196 g/mol. The number of rotatable bonds is 3. The summed E-state index contributed by atoms with van der Waals surface area (Å²) < 4.78 is 0. The zero-order valence-electron chi connectivity index (χ0n) is 9.70. The Hall–Kier alpha value is -1.83. The Bertz CT molecular complexity index is 517. The first-order chi connectivity index (χ1) is 7.70. The van der Waals surface area contributed by atoms with Gasteiger partial charge in [-0.25, -0.2) is 4.98 Å². The number of nitrogens with one attached hydrogen (secondary N) is 1. The quantitative estimate of drug-likeness (QED) is 0.787.